The third-order valence-electron chi connectivity index (χ3n) is 2.95. The van der Waals surface area contributed by atoms with Crippen LogP contribution >= 0.6 is 0 Å². The van der Waals surface area contributed by atoms with E-state index in [0.29, 0.717) is 17.7 Å². The quantitative estimate of drug-likeness (QED) is 0.889. The molecule has 1 N–H and O–H groups in total. The highest BCUT2D eigenvalue weighted by molar-refractivity contribution is 5.94. The Kier molecular flexibility index (Phi) is 5.05. The van der Waals surface area contributed by atoms with Crippen LogP contribution in [0.4, 0.5) is 16.3 Å². The molecule has 0 aliphatic carbocycles. The average Bonchev–Trinajstić information content (AvgIpc) is 2.52. The van der Waals surface area contributed by atoms with Crippen molar-refractivity contribution in [3.63, 3.8) is 0 Å². The SMILES string of the molecule is CN(C)c1nc(CNC(=O)c2cccc(F)c2)nc(N(C)C)n1. The molecule has 0 saturated heterocycles. The third kappa shape index (κ3) is 4.35. The molecule has 0 radical (unpaired) electrons. The highest BCUT2D eigenvalue weighted by atomic mass is 19.1. The largest absolute Gasteiger partial charge is 0.347 e. The van der Waals surface area contributed by atoms with Gasteiger partial charge in [-0.05, 0) is 18.2 Å². The molecule has 1 amide bonds. The van der Waals surface area contributed by atoms with Gasteiger partial charge < -0.3 is 15.1 Å². The summed E-state index contributed by atoms with van der Waals surface area (Å²) in [5.41, 5.74) is 0.250. The molecule has 122 valence electrons. The summed E-state index contributed by atoms with van der Waals surface area (Å²) >= 11 is 0. The first-order valence-electron chi connectivity index (χ1n) is 7.00. The average molecular weight is 318 g/mol. The molecule has 8 heteroatoms. The zero-order valence-electron chi connectivity index (χ0n) is 13.5. The molecule has 0 saturated carbocycles. The predicted octanol–water partition coefficient (Wildman–Crippen LogP) is 1.07. The van der Waals surface area contributed by atoms with Gasteiger partial charge in [0.1, 0.15) is 5.82 Å². The van der Waals surface area contributed by atoms with Gasteiger partial charge in [0, 0.05) is 33.8 Å². The zero-order chi connectivity index (χ0) is 17.0. The van der Waals surface area contributed by atoms with E-state index in [1.807, 2.05) is 28.2 Å². The van der Waals surface area contributed by atoms with E-state index in [4.69, 9.17) is 0 Å². The molecule has 23 heavy (non-hydrogen) atoms. The maximum atomic E-state index is 13.2. The van der Waals surface area contributed by atoms with Gasteiger partial charge in [0.15, 0.2) is 5.82 Å². The lowest BCUT2D eigenvalue weighted by Crippen LogP contribution is -2.26. The van der Waals surface area contributed by atoms with Crippen molar-refractivity contribution in [1.29, 1.82) is 0 Å². The number of benzene rings is 1. The van der Waals surface area contributed by atoms with Crippen molar-refractivity contribution in [2.75, 3.05) is 38.0 Å². The standard InChI is InChI=1S/C15H19FN6O/c1-21(2)14-18-12(19-15(20-14)22(3)4)9-17-13(23)10-6-5-7-11(16)8-10/h5-8H,9H2,1-4H3,(H,17,23). The second-order valence-electron chi connectivity index (χ2n) is 5.33. The number of hydrogen-bond donors (Lipinski definition) is 1. The number of nitrogens with one attached hydrogen (secondary N) is 1. The minimum absolute atomic E-state index is 0.125. The van der Waals surface area contributed by atoms with E-state index in [0.717, 1.165) is 0 Å². The number of rotatable bonds is 5. The fourth-order valence-corrected chi connectivity index (χ4v) is 1.77. The fraction of sp³-hybridized carbons (Fsp3) is 0.333. The van der Waals surface area contributed by atoms with Gasteiger partial charge in [-0.3, -0.25) is 4.79 Å². The third-order valence-corrected chi connectivity index (χ3v) is 2.95. The highest BCUT2D eigenvalue weighted by Gasteiger charge is 2.12. The Morgan fingerprint density at radius 3 is 2.22 bits per heavy atom. The van der Waals surface area contributed by atoms with Gasteiger partial charge in [0.05, 0.1) is 6.54 Å². The summed E-state index contributed by atoms with van der Waals surface area (Å²) < 4.78 is 13.2. The van der Waals surface area contributed by atoms with Gasteiger partial charge in [0.2, 0.25) is 11.9 Å². The molecule has 2 rings (SSSR count). The first-order valence-corrected chi connectivity index (χ1v) is 7.00. The summed E-state index contributed by atoms with van der Waals surface area (Å²) in [5, 5.41) is 2.68. The lowest BCUT2D eigenvalue weighted by Gasteiger charge is -2.16. The van der Waals surface area contributed by atoms with Crippen LogP contribution in [0.2, 0.25) is 0 Å². The Balaban J connectivity index is 2.15. The van der Waals surface area contributed by atoms with E-state index >= 15 is 0 Å². The van der Waals surface area contributed by atoms with E-state index in [2.05, 4.69) is 20.3 Å². The van der Waals surface area contributed by atoms with Crippen molar-refractivity contribution in [1.82, 2.24) is 20.3 Å². The number of carbonyl (C=O) groups excluding carboxylic acids is 1. The minimum Gasteiger partial charge on any atom is -0.347 e. The molecule has 1 aromatic carbocycles. The van der Waals surface area contributed by atoms with Gasteiger partial charge in [0.25, 0.3) is 5.91 Å². The van der Waals surface area contributed by atoms with Crippen LogP contribution in [0.5, 0.6) is 0 Å². The smallest absolute Gasteiger partial charge is 0.251 e. The van der Waals surface area contributed by atoms with Crippen LogP contribution in [0, 0.1) is 5.82 Å². The van der Waals surface area contributed by atoms with Crippen LogP contribution in [0.1, 0.15) is 16.2 Å². The summed E-state index contributed by atoms with van der Waals surface area (Å²) in [7, 11) is 7.29. The van der Waals surface area contributed by atoms with Crippen LogP contribution in [0.25, 0.3) is 0 Å². The topological polar surface area (TPSA) is 74.2 Å². The summed E-state index contributed by atoms with van der Waals surface area (Å²) in [6.07, 6.45) is 0. The second-order valence-corrected chi connectivity index (χ2v) is 5.33. The van der Waals surface area contributed by atoms with Gasteiger partial charge in [-0.2, -0.15) is 15.0 Å². The minimum atomic E-state index is -0.456. The first-order chi connectivity index (χ1) is 10.9. The van der Waals surface area contributed by atoms with Crippen LogP contribution < -0.4 is 15.1 Å². The van der Waals surface area contributed by atoms with Crippen LogP contribution in [-0.4, -0.2) is 49.0 Å². The Morgan fingerprint density at radius 1 is 1.09 bits per heavy atom. The molecule has 0 fully saturated rings. The van der Waals surface area contributed by atoms with Crippen molar-refractivity contribution in [2.24, 2.45) is 0 Å². The van der Waals surface area contributed by atoms with Crippen LogP contribution in [0.15, 0.2) is 24.3 Å². The summed E-state index contributed by atoms with van der Waals surface area (Å²) in [4.78, 5) is 28.4. The van der Waals surface area contributed by atoms with E-state index in [-0.39, 0.29) is 18.0 Å². The number of anilines is 2. The molecule has 1 heterocycles. The molecular formula is C15H19FN6O. The molecule has 2 aromatic rings. The number of nitrogens with zero attached hydrogens (tertiary/aromatic N) is 5. The molecule has 0 aliphatic rings. The Hall–Kier alpha value is -2.77. The van der Waals surface area contributed by atoms with Gasteiger partial charge in [-0.1, -0.05) is 6.07 Å². The molecule has 1 aromatic heterocycles. The Morgan fingerprint density at radius 2 is 1.70 bits per heavy atom. The van der Waals surface area contributed by atoms with E-state index in [9.17, 15) is 9.18 Å². The molecular weight excluding hydrogens is 299 g/mol. The van der Waals surface area contributed by atoms with Crippen molar-refractivity contribution >= 4 is 17.8 Å². The van der Waals surface area contributed by atoms with Gasteiger partial charge in [-0.25, -0.2) is 4.39 Å². The lowest BCUT2D eigenvalue weighted by atomic mass is 10.2. The summed E-state index contributed by atoms with van der Waals surface area (Å²) in [6, 6.07) is 5.50. The van der Waals surface area contributed by atoms with E-state index in [1.165, 1.54) is 18.2 Å². The maximum absolute atomic E-state index is 13.2. The van der Waals surface area contributed by atoms with Gasteiger partial charge >= 0.3 is 0 Å². The number of amides is 1. The van der Waals surface area contributed by atoms with Crippen molar-refractivity contribution in [2.45, 2.75) is 6.54 Å². The summed E-state index contributed by atoms with van der Waals surface area (Å²) in [6.45, 7) is 0.125. The van der Waals surface area contributed by atoms with Crippen molar-refractivity contribution in [3.05, 3.63) is 41.5 Å². The summed E-state index contributed by atoms with van der Waals surface area (Å²) in [5.74, 6) is 0.583. The first kappa shape index (κ1) is 16.6. The number of hydrogen-bond acceptors (Lipinski definition) is 6. The highest BCUT2D eigenvalue weighted by Crippen LogP contribution is 2.10. The maximum Gasteiger partial charge on any atom is 0.251 e. The Labute approximate surface area is 134 Å². The van der Waals surface area contributed by atoms with E-state index in [1.54, 1.807) is 15.9 Å². The van der Waals surface area contributed by atoms with Crippen LogP contribution in [0.3, 0.4) is 0 Å². The van der Waals surface area contributed by atoms with Crippen molar-refractivity contribution in [3.8, 4) is 0 Å². The zero-order valence-corrected chi connectivity index (χ0v) is 13.5. The molecule has 0 atom stereocenters. The molecule has 0 aliphatic heterocycles. The second kappa shape index (κ2) is 6.99. The molecule has 0 unspecified atom stereocenters. The van der Waals surface area contributed by atoms with Gasteiger partial charge in [-0.15, -0.1) is 0 Å². The normalized spacial score (nSPS) is 10.3. The van der Waals surface area contributed by atoms with Crippen molar-refractivity contribution < 1.29 is 9.18 Å². The number of carbonyl (C=O) groups is 1. The molecule has 0 spiro atoms. The van der Waals surface area contributed by atoms with Crippen LogP contribution in [-0.2, 0) is 6.54 Å². The Bertz CT molecular complexity index is 678. The predicted molar refractivity (Wildman–Crippen MR) is 86.1 cm³/mol. The number of aromatic nitrogens is 3. The molecule has 7 nitrogen and oxygen atoms in total. The molecule has 0 bridgehead atoms. The lowest BCUT2D eigenvalue weighted by molar-refractivity contribution is 0.0949. The number of halogens is 1. The fourth-order valence-electron chi connectivity index (χ4n) is 1.77. The monoisotopic (exact) mass is 318 g/mol. The van der Waals surface area contributed by atoms with E-state index < -0.39 is 5.82 Å².